The van der Waals surface area contributed by atoms with Crippen LogP contribution in [-0.4, -0.2) is 11.3 Å². The third-order valence-electron chi connectivity index (χ3n) is 3.39. The van der Waals surface area contributed by atoms with Gasteiger partial charge in [0.25, 0.3) is 0 Å². The Labute approximate surface area is 118 Å². The maximum absolute atomic E-state index is 11.1. The van der Waals surface area contributed by atoms with E-state index in [1.54, 1.807) is 0 Å². The Morgan fingerprint density at radius 1 is 1.35 bits per heavy atom. The number of carbonyl (C=O) groups excluding carboxylic acids is 1. The Kier molecular flexibility index (Phi) is 2.94. The summed E-state index contributed by atoms with van der Waals surface area (Å²) in [6.45, 7) is 1.92. The molecule has 0 unspecified atom stereocenters. The fraction of sp³-hybridized carbons (Fsp3) is 0.385. The van der Waals surface area contributed by atoms with Crippen molar-refractivity contribution in [3.63, 3.8) is 0 Å². The number of fused-ring (bicyclic) bond motifs is 3. The van der Waals surface area contributed by atoms with Crippen LogP contribution in [0.4, 0.5) is 0 Å². The fourth-order valence-electron chi connectivity index (χ4n) is 2.50. The van der Waals surface area contributed by atoms with E-state index < -0.39 is 0 Å². The molecule has 2 heterocycles. The van der Waals surface area contributed by atoms with Gasteiger partial charge >= 0.3 is 0 Å². The first-order chi connectivity index (χ1) is 8.22. The topological polar surface area (TPSA) is 30.0 Å². The van der Waals surface area contributed by atoms with Crippen molar-refractivity contribution in [1.29, 1.82) is 0 Å². The average molecular weight is 357 g/mol. The molecular formula is C13H12INOS. The first-order valence-electron chi connectivity index (χ1n) is 5.78. The number of hydrogen-bond donors (Lipinski definition) is 0. The number of aryl methyl sites for hydroxylation is 3. The summed E-state index contributed by atoms with van der Waals surface area (Å²) in [6.07, 6.45) is 5.82. The van der Waals surface area contributed by atoms with Crippen molar-refractivity contribution in [3.8, 4) is 0 Å². The molecule has 0 fully saturated rings. The third-order valence-corrected chi connectivity index (χ3v) is 5.69. The molecule has 2 aromatic heterocycles. The maximum Gasteiger partial charge on any atom is 0.152 e. The molecule has 1 aliphatic carbocycles. The van der Waals surface area contributed by atoms with Gasteiger partial charge in [-0.05, 0) is 60.8 Å². The van der Waals surface area contributed by atoms with Crippen LogP contribution in [-0.2, 0) is 12.8 Å². The SMILES string of the molecule is Cc1nc2sc3c(c2c(I)c1C=O)CCCC3. The number of halogens is 1. The van der Waals surface area contributed by atoms with Crippen molar-refractivity contribution in [3.05, 3.63) is 25.3 Å². The summed E-state index contributed by atoms with van der Waals surface area (Å²) in [6, 6.07) is 0. The van der Waals surface area contributed by atoms with Gasteiger partial charge in [-0.1, -0.05) is 0 Å². The summed E-state index contributed by atoms with van der Waals surface area (Å²) in [4.78, 5) is 18.3. The van der Waals surface area contributed by atoms with Crippen molar-refractivity contribution in [2.24, 2.45) is 0 Å². The molecule has 1 aliphatic rings. The number of carbonyl (C=O) groups is 1. The minimum absolute atomic E-state index is 0.768. The minimum atomic E-state index is 0.768. The molecule has 0 saturated carbocycles. The Morgan fingerprint density at radius 2 is 2.12 bits per heavy atom. The highest BCUT2D eigenvalue weighted by molar-refractivity contribution is 14.1. The van der Waals surface area contributed by atoms with Gasteiger partial charge in [0.05, 0.1) is 5.69 Å². The zero-order chi connectivity index (χ0) is 12.0. The van der Waals surface area contributed by atoms with Gasteiger partial charge in [0.2, 0.25) is 0 Å². The lowest BCUT2D eigenvalue weighted by atomic mass is 9.96. The summed E-state index contributed by atoms with van der Waals surface area (Å²) >= 11 is 4.12. The van der Waals surface area contributed by atoms with Gasteiger partial charge in [0.15, 0.2) is 6.29 Å². The lowest BCUT2D eigenvalue weighted by Crippen LogP contribution is -2.00. The van der Waals surface area contributed by atoms with Crippen LogP contribution in [0.3, 0.4) is 0 Å². The van der Waals surface area contributed by atoms with E-state index in [-0.39, 0.29) is 0 Å². The monoisotopic (exact) mass is 357 g/mol. The number of hydrogen-bond acceptors (Lipinski definition) is 3. The molecule has 0 spiro atoms. The normalized spacial score (nSPS) is 14.9. The highest BCUT2D eigenvalue weighted by Gasteiger charge is 2.21. The molecule has 0 aliphatic heterocycles. The van der Waals surface area contributed by atoms with E-state index >= 15 is 0 Å². The molecule has 88 valence electrons. The highest BCUT2D eigenvalue weighted by Crippen LogP contribution is 2.38. The molecule has 0 N–H and O–H groups in total. The molecule has 0 atom stereocenters. The van der Waals surface area contributed by atoms with Gasteiger partial charge in [-0.25, -0.2) is 4.98 Å². The molecule has 0 aromatic carbocycles. The van der Waals surface area contributed by atoms with Crippen molar-refractivity contribution in [1.82, 2.24) is 4.98 Å². The van der Waals surface area contributed by atoms with E-state index in [9.17, 15) is 4.79 Å². The minimum Gasteiger partial charge on any atom is -0.298 e. The van der Waals surface area contributed by atoms with Crippen molar-refractivity contribution in [2.45, 2.75) is 32.6 Å². The van der Waals surface area contributed by atoms with Crippen LogP contribution < -0.4 is 0 Å². The van der Waals surface area contributed by atoms with Crippen LogP contribution in [0.15, 0.2) is 0 Å². The number of thiophene rings is 1. The Bertz CT molecular complexity index is 618. The van der Waals surface area contributed by atoms with Crippen LogP contribution >= 0.6 is 33.9 Å². The average Bonchev–Trinajstić information content (AvgIpc) is 2.67. The van der Waals surface area contributed by atoms with Crippen LogP contribution in [0.25, 0.3) is 10.2 Å². The predicted molar refractivity (Wildman–Crippen MR) is 79.1 cm³/mol. The van der Waals surface area contributed by atoms with Crippen LogP contribution in [0.5, 0.6) is 0 Å². The lowest BCUT2D eigenvalue weighted by Gasteiger charge is -2.11. The zero-order valence-electron chi connectivity index (χ0n) is 9.55. The van der Waals surface area contributed by atoms with E-state index in [2.05, 4.69) is 27.6 Å². The summed E-state index contributed by atoms with van der Waals surface area (Å²) in [5.74, 6) is 0. The Morgan fingerprint density at radius 3 is 2.88 bits per heavy atom. The maximum atomic E-state index is 11.1. The molecule has 0 radical (unpaired) electrons. The molecule has 2 nitrogen and oxygen atoms in total. The molecular weight excluding hydrogens is 345 g/mol. The summed E-state index contributed by atoms with van der Waals surface area (Å²) < 4.78 is 1.10. The standard InChI is InChI=1S/C13H12INOS/c1-7-9(6-16)12(14)11-8-4-2-3-5-10(8)17-13(11)15-7/h6H,2-5H2,1H3. The zero-order valence-corrected chi connectivity index (χ0v) is 12.5. The van der Waals surface area contributed by atoms with E-state index in [0.717, 1.165) is 32.4 Å². The van der Waals surface area contributed by atoms with Crippen LogP contribution in [0.1, 0.15) is 39.3 Å². The van der Waals surface area contributed by atoms with E-state index in [1.807, 2.05) is 18.3 Å². The van der Waals surface area contributed by atoms with Gasteiger partial charge in [-0.15, -0.1) is 11.3 Å². The summed E-state index contributed by atoms with van der Waals surface area (Å²) in [5.41, 5.74) is 3.08. The molecule has 4 heteroatoms. The van der Waals surface area contributed by atoms with Crippen LogP contribution in [0, 0.1) is 10.5 Å². The molecule has 0 saturated heterocycles. The third kappa shape index (κ3) is 1.73. The van der Waals surface area contributed by atoms with Gasteiger partial charge in [-0.3, -0.25) is 4.79 Å². The number of pyridine rings is 1. The number of rotatable bonds is 1. The highest BCUT2D eigenvalue weighted by atomic mass is 127. The van der Waals surface area contributed by atoms with Crippen molar-refractivity contribution < 1.29 is 4.79 Å². The van der Waals surface area contributed by atoms with Gasteiger partial charge in [-0.2, -0.15) is 0 Å². The molecule has 0 amide bonds. The van der Waals surface area contributed by atoms with Gasteiger partial charge in [0, 0.05) is 19.4 Å². The molecule has 2 aromatic rings. The van der Waals surface area contributed by atoms with Gasteiger partial charge < -0.3 is 0 Å². The summed E-state index contributed by atoms with van der Waals surface area (Å²) in [5, 5.41) is 1.25. The second kappa shape index (κ2) is 4.31. The van der Waals surface area contributed by atoms with E-state index in [4.69, 9.17) is 0 Å². The first-order valence-corrected chi connectivity index (χ1v) is 7.67. The first kappa shape index (κ1) is 11.6. The van der Waals surface area contributed by atoms with Crippen molar-refractivity contribution in [2.75, 3.05) is 0 Å². The second-order valence-electron chi connectivity index (χ2n) is 4.43. The predicted octanol–water partition coefficient (Wildman–Crippen LogP) is 3.90. The van der Waals surface area contributed by atoms with E-state index in [1.165, 1.54) is 35.1 Å². The quantitative estimate of drug-likeness (QED) is 0.572. The van der Waals surface area contributed by atoms with Crippen molar-refractivity contribution >= 4 is 50.4 Å². The molecule has 17 heavy (non-hydrogen) atoms. The fourth-order valence-corrected chi connectivity index (χ4v) is 5.10. The lowest BCUT2D eigenvalue weighted by molar-refractivity contribution is 0.112. The Hall–Kier alpha value is -0.490. The number of nitrogens with zero attached hydrogens (tertiary/aromatic N) is 1. The molecule has 0 bridgehead atoms. The smallest absolute Gasteiger partial charge is 0.152 e. The largest absolute Gasteiger partial charge is 0.298 e. The van der Waals surface area contributed by atoms with E-state index in [0.29, 0.717) is 0 Å². The summed E-state index contributed by atoms with van der Waals surface area (Å²) in [7, 11) is 0. The number of aromatic nitrogens is 1. The number of aldehydes is 1. The van der Waals surface area contributed by atoms with Crippen LogP contribution in [0.2, 0.25) is 0 Å². The Balaban J connectivity index is 2.40. The van der Waals surface area contributed by atoms with Gasteiger partial charge in [0.1, 0.15) is 4.83 Å². The molecule has 3 rings (SSSR count). The second-order valence-corrected chi connectivity index (χ2v) is 6.60.